The number of carbonyl (C=O) groups is 1. The number of methoxy groups -OCH3 is 2. The zero-order valence-electron chi connectivity index (χ0n) is 19.6. The summed E-state index contributed by atoms with van der Waals surface area (Å²) in [7, 11) is 3.49. The second kappa shape index (κ2) is 8.32. The standard InChI is InChI=1S/C26H40O3/c1-8-9-10-11-12-25(2,3)17-13-22(28-6)24(23(14-17)29-7)18-15-21(27)20-16-19(18)26(20,4)5/h13-14,18-20H,8-12,15-16H2,1-7H3/t18?,19-,20+/m0/s1. The Hall–Kier alpha value is -1.51. The molecule has 3 aliphatic rings. The van der Waals surface area contributed by atoms with Crippen LogP contribution in [0.2, 0.25) is 0 Å². The van der Waals surface area contributed by atoms with Gasteiger partial charge in [-0.1, -0.05) is 60.3 Å². The molecule has 1 aromatic rings. The van der Waals surface area contributed by atoms with Crippen LogP contribution in [0.5, 0.6) is 11.5 Å². The zero-order chi connectivity index (χ0) is 21.4. The number of benzene rings is 1. The number of fused-ring (bicyclic) bond motifs is 2. The number of ketones is 1. The molecular formula is C26H40O3. The Morgan fingerprint density at radius 2 is 1.69 bits per heavy atom. The molecule has 3 aliphatic carbocycles. The van der Waals surface area contributed by atoms with Gasteiger partial charge >= 0.3 is 0 Å². The van der Waals surface area contributed by atoms with Gasteiger partial charge < -0.3 is 9.47 Å². The first-order valence-corrected chi connectivity index (χ1v) is 11.5. The quantitative estimate of drug-likeness (QED) is 0.434. The van der Waals surface area contributed by atoms with Gasteiger partial charge in [-0.05, 0) is 47.3 Å². The highest BCUT2D eigenvalue weighted by atomic mass is 16.5. The van der Waals surface area contributed by atoms with Crippen molar-refractivity contribution in [2.45, 2.75) is 90.9 Å². The Morgan fingerprint density at radius 3 is 2.17 bits per heavy atom. The van der Waals surface area contributed by atoms with Crippen molar-refractivity contribution >= 4 is 5.78 Å². The van der Waals surface area contributed by atoms with Crippen LogP contribution in [0.25, 0.3) is 0 Å². The highest BCUT2D eigenvalue weighted by molar-refractivity contribution is 5.86. The van der Waals surface area contributed by atoms with E-state index in [4.69, 9.17) is 9.47 Å². The second-order valence-corrected chi connectivity index (χ2v) is 10.5. The van der Waals surface area contributed by atoms with Gasteiger partial charge in [-0.25, -0.2) is 0 Å². The fourth-order valence-electron chi connectivity index (χ4n) is 5.83. The van der Waals surface area contributed by atoms with Gasteiger partial charge in [0.2, 0.25) is 0 Å². The lowest BCUT2D eigenvalue weighted by Gasteiger charge is -2.59. The number of ether oxygens (including phenoxy) is 2. The third-order valence-corrected chi connectivity index (χ3v) is 7.99. The van der Waals surface area contributed by atoms with Crippen LogP contribution in [0.3, 0.4) is 0 Å². The number of unbranched alkanes of at least 4 members (excludes halogenated alkanes) is 3. The monoisotopic (exact) mass is 400 g/mol. The molecule has 0 N–H and O–H groups in total. The van der Waals surface area contributed by atoms with Crippen molar-refractivity contribution in [3.05, 3.63) is 23.3 Å². The predicted octanol–water partition coefficient (Wildman–Crippen LogP) is 6.67. The summed E-state index contributed by atoms with van der Waals surface area (Å²) < 4.78 is 11.8. The molecule has 0 spiro atoms. The van der Waals surface area contributed by atoms with Crippen molar-refractivity contribution in [3.8, 4) is 11.5 Å². The lowest BCUT2D eigenvalue weighted by Crippen LogP contribution is -2.56. The van der Waals surface area contributed by atoms with Crippen LogP contribution in [0.1, 0.15) is 96.6 Å². The topological polar surface area (TPSA) is 35.5 Å². The van der Waals surface area contributed by atoms with E-state index in [-0.39, 0.29) is 22.7 Å². The molecule has 3 heteroatoms. The number of hydrogen-bond acceptors (Lipinski definition) is 3. The molecule has 162 valence electrons. The van der Waals surface area contributed by atoms with Gasteiger partial charge in [0.05, 0.1) is 14.2 Å². The molecule has 3 atom stereocenters. The maximum absolute atomic E-state index is 12.7. The Morgan fingerprint density at radius 1 is 1.07 bits per heavy atom. The predicted molar refractivity (Wildman–Crippen MR) is 119 cm³/mol. The number of Topliss-reactive ketones (excluding diaryl/α,β-unsaturated/α-hetero) is 1. The van der Waals surface area contributed by atoms with Crippen LogP contribution in [0.15, 0.2) is 12.1 Å². The summed E-state index contributed by atoms with van der Waals surface area (Å²) in [6, 6.07) is 4.42. The normalized spacial score (nSPS) is 25.5. The van der Waals surface area contributed by atoms with Crippen LogP contribution in [-0.2, 0) is 10.2 Å². The highest BCUT2D eigenvalue weighted by Crippen LogP contribution is 2.64. The molecule has 0 heterocycles. The summed E-state index contributed by atoms with van der Waals surface area (Å²) in [6.07, 6.45) is 7.86. The number of rotatable bonds is 9. The Bertz CT molecular complexity index is 721. The van der Waals surface area contributed by atoms with E-state index in [2.05, 4.69) is 46.8 Å². The smallest absolute Gasteiger partial charge is 0.137 e. The minimum absolute atomic E-state index is 0.0655. The largest absolute Gasteiger partial charge is 0.496 e. The Labute approximate surface area is 177 Å². The minimum Gasteiger partial charge on any atom is -0.496 e. The molecule has 3 fully saturated rings. The van der Waals surface area contributed by atoms with Crippen LogP contribution in [0, 0.1) is 17.3 Å². The molecule has 1 aromatic carbocycles. The average molecular weight is 401 g/mol. The van der Waals surface area contributed by atoms with E-state index < -0.39 is 0 Å². The third-order valence-electron chi connectivity index (χ3n) is 7.99. The third kappa shape index (κ3) is 3.94. The second-order valence-electron chi connectivity index (χ2n) is 10.5. The Kier molecular flexibility index (Phi) is 6.36. The molecule has 0 amide bonds. The van der Waals surface area contributed by atoms with E-state index in [9.17, 15) is 4.79 Å². The van der Waals surface area contributed by atoms with Crippen molar-refractivity contribution in [2.24, 2.45) is 17.3 Å². The van der Waals surface area contributed by atoms with Gasteiger partial charge in [-0.15, -0.1) is 0 Å². The first kappa shape index (κ1) is 22.2. The lowest BCUT2D eigenvalue weighted by atomic mass is 9.44. The lowest BCUT2D eigenvalue weighted by molar-refractivity contribution is -0.151. The van der Waals surface area contributed by atoms with Crippen LogP contribution in [-0.4, -0.2) is 20.0 Å². The maximum atomic E-state index is 12.7. The van der Waals surface area contributed by atoms with Gasteiger partial charge in [0, 0.05) is 23.8 Å². The van der Waals surface area contributed by atoms with Crippen LogP contribution < -0.4 is 9.47 Å². The molecule has 0 aliphatic heterocycles. The number of hydrogen-bond donors (Lipinski definition) is 0. The Balaban J connectivity index is 1.94. The summed E-state index contributed by atoms with van der Waals surface area (Å²) in [6.45, 7) is 11.4. The summed E-state index contributed by atoms with van der Waals surface area (Å²) >= 11 is 0. The first-order valence-electron chi connectivity index (χ1n) is 11.5. The van der Waals surface area contributed by atoms with Crippen molar-refractivity contribution < 1.29 is 14.3 Å². The van der Waals surface area contributed by atoms with Gasteiger partial charge in [-0.2, -0.15) is 0 Å². The summed E-state index contributed by atoms with van der Waals surface area (Å²) in [5.74, 6) is 3.13. The summed E-state index contributed by atoms with van der Waals surface area (Å²) in [5.41, 5.74) is 2.51. The van der Waals surface area contributed by atoms with Crippen molar-refractivity contribution in [3.63, 3.8) is 0 Å². The van der Waals surface area contributed by atoms with Gasteiger partial charge in [0.1, 0.15) is 17.3 Å². The molecule has 3 saturated carbocycles. The molecule has 0 aromatic heterocycles. The molecule has 1 unspecified atom stereocenters. The molecule has 2 bridgehead atoms. The maximum Gasteiger partial charge on any atom is 0.137 e. The highest BCUT2D eigenvalue weighted by Gasteiger charge is 2.59. The van der Waals surface area contributed by atoms with E-state index in [1.807, 2.05) is 0 Å². The minimum atomic E-state index is 0.0655. The SMILES string of the molecule is CCCCCCC(C)(C)c1cc(OC)c(C2CC(=O)[C@H]3C[C@@H]2C3(C)C)c(OC)c1. The van der Waals surface area contributed by atoms with Crippen molar-refractivity contribution in [1.29, 1.82) is 0 Å². The van der Waals surface area contributed by atoms with Gasteiger partial charge in [0.15, 0.2) is 0 Å². The summed E-state index contributed by atoms with van der Waals surface area (Å²) in [5, 5.41) is 0. The van der Waals surface area contributed by atoms with E-state index in [0.717, 1.165) is 29.9 Å². The van der Waals surface area contributed by atoms with Crippen molar-refractivity contribution in [1.82, 2.24) is 0 Å². The van der Waals surface area contributed by atoms with E-state index in [1.54, 1.807) is 14.2 Å². The zero-order valence-corrected chi connectivity index (χ0v) is 19.6. The van der Waals surface area contributed by atoms with Crippen LogP contribution in [0.4, 0.5) is 0 Å². The van der Waals surface area contributed by atoms with Crippen molar-refractivity contribution in [2.75, 3.05) is 14.2 Å². The molecule has 4 rings (SSSR count). The van der Waals surface area contributed by atoms with Gasteiger partial charge in [-0.3, -0.25) is 4.79 Å². The van der Waals surface area contributed by atoms with E-state index in [1.165, 1.54) is 31.2 Å². The fourth-order valence-corrected chi connectivity index (χ4v) is 5.83. The van der Waals surface area contributed by atoms with E-state index in [0.29, 0.717) is 18.1 Å². The molecule has 29 heavy (non-hydrogen) atoms. The fraction of sp³-hybridized carbons (Fsp3) is 0.731. The molecule has 0 radical (unpaired) electrons. The number of carbonyl (C=O) groups excluding carboxylic acids is 1. The van der Waals surface area contributed by atoms with E-state index >= 15 is 0 Å². The first-order chi connectivity index (χ1) is 13.7. The molecular weight excluding hydrogens is 360 g/mol. The average Bonchev–Trinajstić information content (AvgIpc) is 2.69. The van der Waals surface area contributed by atoms with Gasteiger partial charge in [0.25, 0.3) is 0 Å². The van der Waals surface area contributed by atoms with Crippen LogP contribution >= 0.6 is 0 Å². The molecule has 0 saturated heterocycles. The molecule has 3 nitrogen and oxygen atoms in total. The summed E-state index contributed by atoms with van der Waals surface area (Å²) in [4.78, 5) is 12.7.